The predicted octanol–water partition coefficient (Wildman–Crippen LogP) is 1.82. The van der Waals surface area contributed by atoms with Gasteiger partial charge in [-0.15, -0.1) is 0 Å². The van der Waals surface area contributed by atoms with Crippen molar-refractivity contribution in [2.45, 2.75) is 18.4 Å². The molecule has 27 heavy (non-hydrogen) atoms. The lowest BCUT2D eigenvalue weighted by Crippen LogP contribution is -2.69. The molecule has 2 heterocycles. The maximum Gasteiger partial charge on any atom is 0.440 e. The number of halogens is 3. The van der Waals surface area contributed by atoms with E-state index in [0.717, 1.165) is 0 Å². The van der Waals surface area contributed by atoms with E-state index in [0.29, 0.717) is 4.90 Å². The van der Waals surface area contributed by atoms with E-state index in [1.54, 1.807) is 28.8 Å². The second-order valence-electron chi connectivity index (χ2n) is 5.71. The van der Waals surface area contributed by atoms with Crippen molar-refractivity contribution in [3.8, 4) is 0 Å². The Labute approximate surface area is 151 Å². The van der Waals surface area contributed by atoms with Crippen molar-refractivity contribution >= 4 is 17.8 Å². The van der Waals surface area contributed by atoms with Crippen LogP contribution in [0.2, 0.25) is 0 Å². The molecule has 10 heteroatoms. The largest absolute Gasteiger partial charge is 0.440 e. The summed E-state index contributed by atoms with van der Waals surface area (Å²) in [4.78, 5) is 41.1. The molecule has 140 valence electrons. The lowest BCUT2D eigenvalue weighted by Gasteiger charge is -2.29. The Kier molecular flexibility index (Phi) is 4.56. The number of imide groups is 1. The fraction of sp³-hybridized carbons (Fsp3) is 0.176. The summed E-state index contributed by atoms with van der Waals surface area (Å²) in [6.45, 7) is -0.468. The van der Waals surface area contributed by atoms with Crippen LogP contribution in [0.15, 0.2) is 54.7 Å². The second-order valence-corrected chi connectivity index (χ2v) is 5.71. The van der Waals surface area contributed by atoms with E-state index >= 15 is 0 Å². The zero-order valence-electron chi connectivity index (χ0n) is 13.7. The van der Waals surface area contributed by atoms with Crippen molar-refractivity contribution in [3.63, 3.8) is 0 Å². The highest BCUT2D eigenvalue weighted by molar-refractivity contribution is 6.10. The van der Waals surface area contributed by atoms with Crippen LogP contribution in [0.5, 0.6) is 0 Å². The van der Waals surface area contributed by atoms with Crippen molar-refractivity contribution in [2.24, 2.45) is 0 Å². The standard InChI is InChI=1S/C17H13F3N4O3/c18-17(19,20)16(22-13(25)11-6-2-1-3-7-11)14(26)24(15(27)23-16)10-12-8-4-5-9-21-12/h1-9H,10H2,(H,22,25)(H,23,27)/t16-/m1/s1. The summed E-state index contributed by atoms with van der Waals surface area (Å²) in [6.07, 6.45) is -3.88. The van der Waals surface area contributed by atoms with Crippen LogP contribution in [-0.4, -0.2) is 39.6 Å². The van der Waals surface area contributed by atoms with Crippen LogP contribution < -0.4 is 10.6 Å². The van der Waals surface area contributed by atoms with E-state index in [9.17, 15) is 27.6 Å². The molecular formula is C17H13F3N4O3. The van der Waals surface area contributed by atoms with Crippen molar-refractivity contribution in [1.29, 1.82) is 0 Å². The molecule has 0 radical (unpaired) electrons. The third-order valence-corrected chi connectivity index (χ3v) is 3.91. The third-order valence-electron chi connectivity index (χ3n) is 3.91. The van der Waals surface area contributed by atoms with Gasteiger partial charge in [0.25, 0.3) is 17.5 Å². The number of hydrogen-bond donors (Lipinski definition) is 2. The van der Waals surface area contributed by atoms with Crippen molar-refractivity contribution in [1.82, 2.24) is 20.5 Å². The lowest BCUT2D eigenvalue weighted by atomic mass is 10.1. The molecular weight excluding hydrogens is 365 g/mol. The fourth-order valence-corrected chi connectivity index (χ4v) is 2.55. The molecule has 1 saturated heterocycles. The summed E-state index contributed by atoms with van der Waals surface area (Å²) in [6, 6.07) is 10.4. The number of urea groups is 1. The van der Waals surface area contributed by atoms with Gasteiger partial charge in [0.2, 0.25) is 0 Å². The monoisotopic (exact) mass is 378 g/mol. The first-order valence-electron chi connectivity index (χ1n) is 7.73. The van der Waals surface area contributed by atoms with Crippen LogP contribution in [0.25, 0.3) is 0 Å². The Balaban J connectivity index is 1.92. The zero-order valence-corrected chi connectivity index (χ0v) is 13.7. The van der Waals surface area contributed by atoms with Gasteiger partial charge in [0.1, 0.15) is 0 Å². The minimum Gasteiger partial charge on any atom is -0.314 e. The van der Waals surface area contributed by atoms with Gasteiger partial charge in [0.15, 0.2) is 0 Å². The number of alkyl halides is 3. The molecule has 1 atom stereocenters. The van der Waals surface area contributed by atoms with E-state index < -0.39 is 36.2 Å². The molecule has 1 aliphatic rings. The van der Waals surface area contributed by atoms with Crippen molar-refractivity contribution < 1.29 is 27.6 Å². The summed E-state index contributed by atoms with van der Waals surface area (Å²) in [5.41, 5.74) is -3.43. The number of nitrogens with one attached hydrogen (secondary N) is 2. The summed E-state index contributed by atoms with van der Waals surface area (Å²) < 4.78 is 41.2. The predicted molar refractivity (Wildman–Crippen MR) is 86.0 cm³/mol. The number of rotatable bonds is 4. The van der Waals surface area contributed by atoms with Gasteiger partial charge in [-0.1, -0.05) is 24.3 Å². The average molecular weight is 378 g/mol. The first kappa shape index (κ1) is 18.4. The Morgan fingerprint density at radius 2 is 1.78 bits per heavy atom. The molecule has 7 nitrogen and oxygen atoms in total. The van der Waals surface area contributed by atoms with Crippen LogP contribution in [0.3, 0.4) is 0 Å². The van der Waals surface area contributed by atoms with E-state index in [-0.39, 0.29) is 11.3 Å². The quantitative estimate of drug-likeness (QED) is 0.794. The minimum atomic E-state index is -5.26. The Hall–Kier alpha value is -3.43. The van der Waals surface area contributed by atoms with Crippen LogP contribution in [0, 0.1) is 0 Å². The van der Waals surface area contributed by atoms with Crippen molar-refractivity contribution in [2.75, 3.05) is 0 Å². The summed E-state index contributed by atoms with van der Waals surface area (Å²) in [7, 11) is 0. The number of carbonyl (C=O) groups excluding carboxylic acids is 3. The van der Waals surface area contributed by atoms with Gasteiger partial charge in [-0.25, -0.2) is 4.79 Å². The number of hydrogen-bond acceptors (Lipinski definition) is 4. The van der Waals surface area contributed by atoms with E-state index in [4.69, 9.17) is 0 Å². The molecule has 0 aliphatic carbocycles. The fourth-order valence-electron chi connectivity index (χ4n) is 2.55. The van der Waals surface area contributed by atoms with E-state index in [1.807, 2.05) is 0 Å². The van der Waals surface area contributed by atoms with E-state index in [2.05, 4.69) is 4.98 Å². The van der Waals surface area contributed by atoms with Crippen LogP contribution in [0.4, 0.5) is 18.0 Å². The zero-order chi connectivity index (χ0) is 19.7. The van der Waals surface area contributed by atoms with Crippen LogP contribution >= 0.6 is 0 Å². The lowest BCUT2D eigenvalue weighted by molar-refractivity contribution is -0.200. The number of amides is 4. The number of pyridine rings is 1. The van der Waals surface area contributed by atoms with Crippen LogP contribution in [0.1, 0.15) is 16.1 Å². The highest BCUT2D eigenvalue weighted by Crippen LogP contribution is 2.34. The molecule has 1 fully saturated rings. The molecule has 1 aliphatic heterocycles. The van der Waals surface area contributed by atoms with Gasteiger partial charge >= 0.3 is 12.2 Å². The van der Waals surface area contributed by atoms with Gasteiger partial charge in [-0.2, -0.15) is 13.2 Å². The summed E-state index contributed by atoms with van der Waals surface area (Å²) >= 11 is 0. The average Bonchev–Trinajstić information content (AvgIpc) is 2.88. The molecule has 3 rings (SSSR count). The highest BCUT2D eigenvalue weighted by Gasteiger charge is 2.68. The number of nitrogens with zero attached hydrogens (tertiary/aromatic N) is 2. The smallest absolute Gasteiger partial charge is 0.314 e. The number of carbonyl (C=O) groups is 3. The number of benzene rings is 1. The molecule has 0 unspecified atom stereocenters. The topological polar surface area (TPSA) is 91.4 Å². The second kappa shape index (κ2) is 6.71. The molecule has 0 saturated carbocycles. The Morgan fingerprint density at radius 1 is 1.11 bits per heavy atom. The minimum absolute atomic E-state index is 0.0913. The molecule has 2 N–H and O–H groups in total. The molecule has 0 spiro atoms. The maximum atomic E-state index is 13.7. The normalized spacial score (nSPS) is 19.7. The maximum absolute atomic E-state index is 13.7. The Morgan fingerprint density at radius 3 is 2.37 bits per heavy atom. The van der Waals surface area contributed by atoms with Gasteiger partial charge in [-0.05, 0) is 24.3 Å². The molecule has 0 bridgehead atoms. The van der Waals surface area contributed by atoms with Gasteiger partial charge in [0, 0.05) is 11.8 Å². The van der Waals surface area contributed by atoms with Gasteiger partial charge in [0.05, 0.1) is 12.2 Å². The SMILES string of the molecule is O=C(N[C@@]1(C(F)(F)F)NC(=O)N(Cc2ccccn2)C1=O)c1ccccc1. The summed E-state index contributed by atoms with van der Waals surface area (Å²) in [5.74, 6) is -2.78. The van der Waals surface area contributed by atoms with E-state index in [1.165, 1.54) is 36.5 Å². The first-order chi connectivity index (χ1) is 12.7. The molecule has 2 aromatic rings. The van der Waals surface area contributed by atoms with Crippen LogP contribution in [-0.2, 0) is 11.3 Å². The highest BCUT2D eigenvalue weighted by atomic mass is 19.4. The summed E-state index contributed by atoms with van der Waals surface area (Å²) in [5, 5.41) is 3.22. The molecule has 1 aromatic heterocycles. The first-order valence-corrected chi connectivity index (χ1v) is 7.73. The molecule has 4 amide bonds. The number of aromatic nitrogens is 1. The molecule has 1 aromatic carbocycles. The van der Waals surface area contributed by atoms with Crippen molar-refractivity contribution in [3.05, 3.63) is 66.0 Å². The van der Waals surface area contributed by atoms with Gasteiger partial charge < -0.3 is 5.32 Å². The third kappa shape index (κ3) is 3.33. The Bertz CT molecular complexity index is 874. The van der Waals surface area contributed by atoms with Gasteiger partial charge in [-0.3, -0.25) is 24.8 Å².